The van der Waals surface area contributed by atoms with Crippen LogP contribution in [-0.4, -0.2) is 47.0 Å². The second-order valence-electron chi connectivity index (χ2n) is 4.51. The van der Waals surface area contributed by atoms with E-state index in [1.54, 1.807) is 18.9 Å². The van der Waals surface area contributed by atoms with Crippen molar-refractivity contribution < 1.29 is 9.53 Å². The number of amides is 1. The number of hydrogen-bond donors (Lipinski definition) is 2. The molecule has 0 radical (unpaired) electrons. The minimum absolute atomic E-state index is 0.0264. The van der Waals surface area contributed by atoms with Crippen molar-refractivity contribution in [2.24, 2.45) is 0 Å². The summed E-state index contributed by atoms with van der Waals surface area (Å²) < 4.78 is 5.43. The number of nitrogens with one attached hydrogen (secondary N) is 1. The molecule has 0 fully saturated rings. The van der Waals surface area contributed by atoms with Crippen molar-refractivity contribution in [3.63, 3.8) is 0 Å². The first-order valence-electron chi connectivity index (χ1n) is 6.76. The van der Waals surface area contributed by atoms with Gasteiger partial charge in [0.15, 0.2) is 5.82 Å². The predicted octanol–water partition coefficient (Wildman–Crippen LogP) is 1.13. The van der Waals surface area contributed by atoms with Gasteiger partial charge in [0.25, 0.3) is 0 Å². The van der Waals surface area contributed by atoms with Gasteiger partial charge in [0.1, 0.15) is 18.1 Å². The third-order valence-electron chi connectivity index (χ3n) is 2.86. The molecule has 0 aliphatic carbocycles. The normalized spacial score (nSPS) is 11.8. The van der Waals surface area contributed by atoms with Gasteiger partial charge in [-0.2, -0.15) is 4.98 Å². The largest absolute Gasteiger partial charge is 0.476 e. The molecule has 0 saturated heterocycles. The van der Waals surface area contributed by atoms with Crippen LogP contribution in [0.15, 0.2) is 6.33 Å². The van der Waals surface area contributed by atoms with Crippen molar-refractivity contribution in [2.45, 2.75) is 33.2 Å². The van der Waals surface area contributed by atoms with Gasteiger partial charge >= 0.3 is 0 Å². The third-order valence-corrected chi connectivity index (χ3v) is 2.86. The first kappa shape index (κ1) is 16.0. The summed E-state index contributed by atoms with van der Waals surface area (Å²) in [6.45, 7) is 6.86. The monoisotopic (exact) mass is 281 g/mol. The lowest BCUT2D eigenvalue weighted by Crippen LogP contribution is -2.39. The van der Waals surface area contributed by atoms with Crippen molar-refractivity contribution >= 4 is 17.4 Å². The summed E-state index contributed by atoms with van der Waals surface area (Å²) in [4.78, 5) is 21.7. The number of aromatic nitrogens is 2. The number of nitrogen functional groups attached to an aromatic ring is 1. The Labute approximate surface area is 119 Å². The lowest BCUT2D eigenvalue weighted by atomic mass is 10.3. The zero-order valence-electron chi connectivity index (χ0n) is 12.5. The molecule has 7 nitrogen and oxygen atoms in total. The Morgan fingerprint density at radius 2 is 2.20 bits per heavy atom. The molecule has 0 spiro atoms. The van der Waals surface area contributed by atoms with Crippen molar-refractivity contribution in [3.05, 3.63) is 6.33 Å². The molecule has 0 bridgehead atoms. The van der Waals surface area contributed by atoms with Crippen LogP contribution in [0.3, 0.4) is 0 Å². The SMILES string of the molecule is CCCOc1ncnc(NC(C)C(=O)N(C)CC)c1N. The molecule has 20 heavy (non-hydrogen) atoms. The average molecular weight is 281 g/mol. The maximum atomic E-state index is 12.0. The zero-order chi connectivity index (χ0) is 15.1. The smallest absolute Gasteiger partial charge is 0.244 e. The van der Waals surface area contributed by atoms with E-state index in [-0.39, 0.29) is 5.91 Å². The van der Waals surface area contributed by atoms with E-state index < -0.39 is 6.04 Å². The highest BCUT2D eigenvalue weighted by Crippen LogP contribution is 2.25. The van der Waals surface area contributed by atoms with E-state index in [0.717, 1.165) is 6.42 Å². The highest BCUT2D eigenvalue weighted by molar-refractivity contribution is 5.85. The summed E-state index contributed by atoms with van der Waals surface area (Å²) in [6, 6.07) is -0.420. The molecule has 1 rings (SSSR count). The van der Waals surface area contributed by atoms with E-state index in [1.165, 1.54) is 6.33 Å². The minimum atomic E-state index is -0.420. The van der Waals surface area contributed by atoms with Crippen molar-refractivity contribution in [1.82, 2.24) is 14.9 Å². The summed E-state index contributed by atoms with van der Waals surface area (Å²) in [5, 5.41) is 2.99. The number of rotatable bonds is 7. The predicted molar refractivity (Wildman–Crippen MR) is 78.6 cm³/mol. The standard InChI is InChI=1S/C13H23N5O2/c1-5-7-20-12-10(14)11(15-8-16-12)17-9(3)13(19)18(4)6-2/h8-9H,5-7,14H2,1-4H3,(H,15,16,17). The molecule has 3 N–H and O–H groups in total. The molecule has 1 atom stereocenters. The Kier molecular flexibility index (Phi) is 6.02. The maximum Gasteiger partial charge on any atom is 0.244 e. The van der Waals surface area contributed by atoms with Crippen LogP contribution in [0, 0.1) is 0 Å². The van der Waals surface area contributed by atoms with Crippen LogP contribution in [0.2, 0.25) is 0 Å². The number of carbonyl (C=O) groups is 1. The van der Waals surface area contributed by atoms with Gasteiger partial charge in [0.2, 0.25) is 11.8 Å². The number of hydrogen-bond acceptors (Lipinski definition) is 6. The molecular weight excluding hydrogens is 258 g/mol. The van der Waals surface area contributed by atoms with Gasteiger partial charge in [-0.1, -0.05) is 6.92 Å². The van der Waals surface area contributed by atoms with Crippen molar-refractivity contribution in [2.75, 3.05) is 31.2 Å². The molecule has 0 aliphatic rings. The molecule has 7 heteroatoms. The Bertz CT molecular complexity index is 452. The second kappa shape index (κ2) is 7.52. The number of anilines is 2. The Hall–Kier alpha value is -2.05. The van der Waals surface area contributed by atoms with Crippen molar-refractivity contribution in [3.8, 4) is 5.88 Å². The minimum Gasteiger partial charge on any atom is -0.476 e. The first-order chi connectivity index (χ1) is 9.51. The van der Waals surface area contributed by atoms with Crippen LogP contribution in [-0.2, 0) is 4.79 Å². The van der Waals surface area contributed by atoms with E-state index >= 15 is 0 Å². The Morgan fingerprint density at radius 3 is 2.80 bits per heavy atom. The second-order valence-corrected chi connectivity index (χ2v) is 4.51. The molecule has 0 aromatic carbocycles. The highest BCUT2D eigenvalue weighted by atomic mass is 16.5. The highest BCUT2D eigenvalue weighted by Gasteiger charge is 2.19. The van der Waals surface area contributed by atoms with E-state index in [1.807, 2.05) is 13.8 Å². The number of nitrogens with zero attached hydrogens (tertiary/aromatic N) is 3. The number of carbonyl (C=O) groups excluding carboxylic acids is 1. The number of nitrogens with two attached hydrogens (primary N) is 1. The lowest BCUT2D eigenvalue weighted by Gasteiger charge is -2.21. The van der Waals surface area contributed by atoms with Crippen LogP contribution < -0.4 is 15.8 Å². The summed E-state index contributed by atoms with van der Waals surface area (Å²) in [7, 11) is 1.75. The van der Waals surface area contributed by atoms with E-state index in [4.69, 9.17) is 10.5 Å². The fourth-order valence-electron chi connectivity index (χ4n) is 1.56. The van der Waals surface area contributed by atoms with Crippen LogP contribution in [0.4, 0.5) is 11.5 Å². The van der Waals surface area contributed by atoms with Crippen LogP contribution in [0.5, 0.6) is 5.88 Å². The van der Waals surface area contributed by atoms with Crippen molar-refractivity contribution in [1.29, 1.82) is 0 Å². The van der Waals surface area contributed by atoms with E-state index in [0.29, 0.717) is 30.5 Å². The summed E-state index contributed by atoms with van der Waals surface area (Å²) in [5.74, 6) is 0.728. The molecular formula is C13H23N5O2. The number of likely N-dealkylation sites (N-methyl/N-ethyl adjacent to an activating group) is 1. The molecule has 0 saturated carbocycles. The molecule has 1 aromatic heterocycles. The molecule has 1 unspecified atom stereocenters. The fraction of sp³-hybridized carbons (Fsp3) is 0.615. The van der Waals surface area contributed by atoms with Gasteiger partial charge in [0.05, 0.1) is 6.61 Å². The maximum absolute atomic E-state index is 12.0. The zero-order valence-corrected chi connectivity index (χ0v) is 12.5. The summed E-state index contributed by atoms with van der Waals surface area (Å²) in [5.41, 5.74) is 6.26. The average Bonchev–Trinajstić information content (AvgIpc) is 2.46. The first-order valence-corrected chi connectivity index (χ1v) is 6.76. The van der Waals surface area contributed by atoms with Crippen LogP contribution >= 0.6 is 0 Å². The number of ether oxygens (including phenoxy) is 1. The van der Waals surface area contributed by atoms with Gasteiger partial charge in [-0.15, -0.1) is 0 Å². The van der Waals surface area contributed by atoms with Gasteiger partial charge in [-0.25, -0.2) is 4.98 Å². The van der Waals surface area contributed by atoms with E-state index in [2.05, 4.69) is 15.3 Å². The third kappa shape index (κ3) is 3.97. The summed E-state index contributed by atoms with van der Waals surface area (Å²) >= 11 is 0. The molecule has 0 aliphatic heterocycles. The van der Waals surface area contributed by atoms with Gasteiger partial charge < -0.3 is 20.7 Å². The Balaban J connectivity index is 2.79. The Morgan fingerprint density at radius 1 is 1.50 bits per heavy atom. The van der Waals surface area contributed by atoms with Crippen LogP contribution in [0.25, 0.3) is 0 Å². The van der Waals surface area contributed by atoms with Gasteiger partial charge in [0, 0.05) is 13.6 Å². The molecule has 112 valence electrons. The molecule has 1 amide bonds. The molecule has 1 aromatic rings. The van der Waals surface area contributed by atoms with E-state index in [9.17, 15) is 4.79 Å². The quantitative estimate of drug-likeness (QED) is 0.778. The van der Waals surface area contributed by atoms with Crippen LogP contribution in [0.1, 0.15) is 27.2 Å². The van der Waals surface area contributed by atoms with Gasteiger partial charge in [-0.3, -0.25) is 4.79 Å². The molecule has 1 heterocycles. The lowest BCUT2D eigenvalue weighted by molar-refractivity contribution is -0.130. The summed E-state index contributed by atoms with van der Waals surface area (Å²) in [6.07, 6.45) is 2.23. The van der Waals surface area contributed by atoms with Gasteiger partial charge in [-0.05, 0) is 20.3 Å². The fourth-order valence-corrected chi connectivity index (χ4v) is 1.56. The topological polar surface area (TPSA) is 93.4 Å².